The summed E-state index contributed by atoms with van der Waals surface area (Å²) in [6.07, 6.45) is 2.64. The number of carboxylic acid groups (broad SMARTS) is 1. The second kappa shape index (κ2) is 5.55. The Morgan fingerprint density at radius 1 is 0.947 bits per heavy atom. The summed E-state index contributed by atoms with van der Waals surface area (Å²) in [5, 5.41) is 8.97. The third kappa shape index (κ3) is 3.22. The average Bonchev–Trinajstić information content (AvgIpc) is 2.37. The largest absolute Gasteiger partial charge is 0.481 e. The molecule has 0 aromatic heterocycles. The van der Waals surface area contributed by atoms with Crippen molar-refractivity contribution in [2.45, 2.75) is 39.5 Å². The van der Waals surface area contributed by atoms with Crippen LogP contribution >= 0.6 is 0 Å². The third-order valence-electron chi connectivity index (χ3n) is 3.95. The van der Waals surface area contributed by atoms with E-state index in [0.717, 1.165) is 16.7 Å². The molecule has 3 heteroatoms. The van der Waals surface area contributed by atoms with Gasteiger partial charge in [-0.3, -0.25) is 9.59 Å². The highest BCUT2D eigenvalue weighted by Gasteiger charge is 2.30. The Hall–Kier alpha value is -1.64. The zero-order chi connectivity index (χ0) is 14.0. The average molecular weight is 260 g/mol. The molecule has 0 aliphatic heterocycles. The lowest BCUT2D eigenvalue weighted by molar-refractivity contribution is -0.143. The van der Waals surface area contributed by atoms with Gasteiger partial charge >= 0.3 is 5.97 Å². The second-order valence-corrected chi connectivity index (χ2v) is 5.63. The number of benzene rings is 1. The molecule has 1 fully saturated rings. The first-order valence-corrected chi connectivity index (χ1v) is 6.82. The van der Waals surface area contributed by atoms with Gasteiger partial charge in [-0.25, -0.2) is 0 Å². The Bertz CT molecular complexity index is 476. The Kier molecular flexibility index (Phi) is 4.03. The summed E-state index contributed by atoms with van der Waals surface area (Å²) in [6, 6.07) is 5.91. The van der Waals surface area contributed by atoms with Crippen molar-refractivity contribution < 1.29 is 14.7 Å². The highest BCUT2D eigenvalue weighted by atomic mass is 16.4. The van der Waals surface area contributed by atoms with Crippen LogP contribution in [0.5, 0.6) is 0 Å². The molecule has 102 valence electrons. The summed E-state index contributed by atoms with van der Waals surface area (Å²) in [5.41, 5.74) is 2.97. The molecule has 0 spiro atoms. The molecule has 1 aliphatic carbocycles. The van der Waals surface area contributed by atoms with Crippen molar-refractivity contribution in [3.05, 3.63) is 34.9 Å². The lowest BCUT2D eigenvalue weighted by Gasteiger charge is -2.25. The van der Waals surface area contributed by atoms with Crippen molar-refractivity contribution >= 4 is 11.8 Å². The van der Waals surface area contributed by atoms with Crippen LogP contribution in [0.3, 0.4) is 0 Å². The molecular weight excluding hydrogens is 240 g/mol. The van der Waals surface area contributed by atoms with Crippen LogP contribution in [-0.2, 0) is 4.79 Å². The smallest absolute Gasteiger partial charge is 0.306 e. The topological polar surface area (TPSA) is 54.4 Å². The maximum absolute atomic E-state index is 12.4. The van der Waals surface area contributed by atoms with Crippen molar-refractivity contribution in [1.82, 2.24) is 0 Å². The van der Waals surface area contributed by atoms with Crippen molar-refractivity contribution in [2.24, 2.45) is 11.8 Å². The Balaban J connectivity index is 2.07. The van der Waals surface area contributed by atoms with Gasteiger partial charge in [0.1, 0.15) is 0 Å². The summed E-state index contributed by atoms with van der Waals surface area (Å²) in [7, 11) is 0. The second-order valence-electron chi connectivity index (χ2n) is 5.63. The van der Waals surface area contributed by atoms with Gasteiger partial charge in [0.05, 0.1) is 5.92 Å². The lowest BCUT2D eigenvalue weighted by Crippen LogP contribution is -2.26. The van der Waals surface area contributed by atoms with Crippen LogP contribution < -0.4 is 0 Å². The summed E-state index contributed by atoms with van der Waals surface area (Å²) >= 11 is 0. The van der Waals surface area contributed by atoms with Crippen LogP contribution in [0.4, 0.5) is 0 Å². The van der Waals surface area contributed by atoms with Crippen LogP contribution in [0.25, 0.3) is 0 Å². The van der Waals surface area contributed by atoms with E-state index in [-0.39, 0.29) is 17.6 Å². The summed E-state index contributed by atoms with van der Waals surface area (Å²) in [5.74, 6) is -0.812. The fraction of sp³-hybridized carbons (Fsp3) is 0.500. The molecule has 2 rings (SSSR count). The number of aliphatic carboxylic acids is 1. The van der Waals surface area contributed by atoms with Gasteiger partial charge < -0.3 is 5.11 Å². The molecule has 0 amide bonds. The maximum Gasteiger partial charge on any atom is 0.306 e. The summed E-state index contributed by atoms with van der Waals surface area (Å²) < 4.78 is 0. The molecule has 0 unspecified atom stereocenters. The normalized spacial score (nSPS) is 23.1. The number of ketones is 1. The van der Waals surface area contributed by atoms with E-state index in [0.29, 0.717) is 25.7 Å². The van der Waals surface area contributed by atoms with Gasteiger partial charge in [-0.1, -0.05) is 17.2 Å². The number of hydrogen-bond acceptors (Lipinski definition) is 2. The quantitative estimate of drug-likeness (QED) is 0.848. The van der Waals surface area contributed by atoms with Gasteiger partial charge in [-0.15, -0.1) is 0 Å². The number of rotatable bonds is 3. The lowest BCUT2D eigenvalue weighted by atomic mass is 9.78. The van der Waals surface area contributed by atoms with E-state index >= 15 is 0 Å². The minimum atomic E-state index is -0.725. The number of hydrogen-bond donors (Lipinski definition) is 1. The minimum absolute atomic E-state index is 0.00296. The van der Waals surface area contributed by atoms with Gasteiger partial charge in [0, 0.05) is 11.5 Å². The van der Waals surface area contributed by atoms with Crippen LogP contribution in [0.2, 0.25) is 0 Å². The predicted octanol–water partition coefficient (Wildman–Crippen LogP) is 3.38. The molecule has 1 saturated carbocycles. The number of carbonyl (C=O) groups excluding carboxylic acids is 1. The van der Waals surface area contributed by atoms with Crippen LogP contribution in [0, 0.1) is 25.7 Å². The predicted molar refractivity (Wildman–Crippen MR) is 73.3 cm³/mol. The first-order valence-electron chi connectivity index (χ1n) is 6.82. The number of carboxylic acids is 1. The van der Waals surface area contributed by atoms with Crippen molar-refractivity contribution in [2.75, 3.05) is 0 Å². The first kappa shape index (κ1) is 13.8. The highest BCUT2D eigenvalue weighted by molar-refractivity contribution is 5.98. The molecule has 3 nitrogen and oxygen atoms in total. The van der Waals surface area contributed by atoms with E-state index < -0.39 is 5.97 Å². The van der Waals surface area contributed by atoms with Crippen LogP contribution in [-0.4, -0.2) is 16.9 Å². The minimum Gasteiger partial charge on any atom is -0.481 e. The van der Waals surface area contributed by atoms with Crippen LogP contribution in [0.15, 0.2) is 18.2 Å². The fourth-order valence-corrected chi connectivity index (χ4v) is 2.96. The molecule has 0 heterocycles. The van der Waals surface area contributed by atoms with Crippen molar-refractivity contribution in [3.63, 3.8) is 0 Å². The molecule has 0 bridgehead atoms. The molecule has 0 radical (unpaired) electrons. The SMILES string of the molecule is Cc1cc(C)cc(C(=O)C2CCC(C(=O)O)CC2)c1. The molecule has 1 aromatic rings. The highest BCUT2D eigenvalue weighted by Crippen LogP contribution is 2.31. The number of aryl methyl sites for hydroxylation is 2. The van der Waals surface area contributed by atoms with Gasteiger partial charge in [-0.2, -0.15) is 0 Å². The monoisotopic (exact) mass is 260 g/mol. The van der Waals surface area contributed by atoms with Gasteiger partial charge in [0.15, 0.2) is 5.78 Å². The van der Waals surface area contributed by atoms with Gasteiger partial charge in [-0.05, 0) is 51.7 Å². The molecule has 0 atom stereocenters. The molecule has 1 aromatic carbocycles. The molecule has 1 N–H and O–H groups in total. The molecule has 0 saturated heterocycles. The molecule has 1 aliphatic rings. The maximum atomic E-state index is 12.4. The third-order valence-corrected chi connectivity index (χ3v) is 3.95. The van der Waals surface area contributed by atoms with E-state index in [1.54, 1.807) is 0 Å². The van der Waals surface area contributed by atoms with E-state index in [4.69, 9.17) is 5.11 Å². The van der Waals surface area contributed by atoms with Gasteiger partial charge in [0.25, 0.3) is 0 Å². The van der Waals surface area contributed by atoms with E-state index in [9.17, 15) is 9.59 Å². The van der Waals surface area contributed by atoms with E-state index in [1.807, 2.05) is 26.0 Å². The first-order chi connectivity index (χ1) is 8.97. The fourth-order valence-electron chi connectivity index (χ4n) is 2.96. The van der Waals surface area contributed by atoms with E-state index in [1.165, 1.54) is 0 Å². The summed E-state index contributed by atoms with van der Waals surface area (Å²) in [4.78, 5) is 23.3. The Morgan fingerprint density at radius 2 is 1.42 bits per heavy atom. The Morgan fingerprint density at radius 3 is 1.89 bits per heavy atom. The van der Waals surface area contributed by atoms with Crippen molar-refractivity contribution in [3.8, 4) is 0 Å². The molecular formula is C16H20O3. The zero-order valence-electron chi connectivity index (χ0n) is 11.5. The Labute approximate surface area is 113 Å². The van der Waals surface area contributed by atoms with Crippen molar-refractivity contribution in [1.29, 1.82) is 0 Å². The van der Waals surface area contributed by atoms with E-state index in [2.05, 4.69) is 6.07 Å². The summed E-state index contributed by atoms with van der Waals surface area (Å²) in [6.45, 7) is 3.98. The standard InChI is InChI=1S/C16H20O3/c1-10-7-11(2)9-14(8-10)15(17)12-3-5-13(6-4-12)16(18)19/h7-9,12-13H,3-6H2,1-2H3,(H,18,19). The van der Waals surface area contributed by atoms with Crippen LogP contribution in [0.1, 0.15) is 47.2 Å². The van der Waals surface area contributed by atoms with Gasteiger partial charge in [0.2, 0.25) is 0 Å². The zero-order valence-corrected chi connectivity index (χ0v) is 11.5. The molecule has 19 heavy (non-hydrogen) atoms. The number of Topliss-reactive ketones (excluding diaryl/α,β-unsaturated/α-hetero) is 1. The number of carbonyl (C=O) groups is 2.